The van der Waals surface area contributed by atoms with Gasteiger partial charge in [0, 0.05) is 0 Å². The van der Waals surface area contributed by atoms with E-state index in [0.717, 1.165) is 0 Å². The Hall–Kier alpha value is -0.610. The van der Waals surface area contributed by atoms with Gasteiger partial charge in [-0.1, -0.05) is 27.7 Å². The summed E-state index contributed by atoms with van der Waals surface area (Å²) in [5.74, 6) is -0.737. The first-order valence-electron chi connectivity index (χ1n) is 5.71. The van der Waals surface area contributed by atoms with Gasteiger partial charge in [-0.25, -0.2) is 4.79 Å². The second-order valence-corrected chi connectivity index (χ2v) is 5.75. The van der Waals surface area contributed by atoms with Crippen LogP contribution in [0.5, 0.6) is 0 Å². The molecule has 0 aromatic rings. The van der Waals surface area contributed by atoms with Gasteiger partial charge in [-0.15, -0.1) is 0 Å². The molecule has 0 bridgehead atoms. The average Bonchev–Trinajstić information content (AvgIpc) is 2.10. The fraction of sp³-hybridized carbons (Fsp3) is 0.917. The Balaban J connectivity index is 4.50. The smallest absolute Gasteiger partial charge is 0.345 e. The summed E-state index contributed by atoms with van der Waals surface area (Å²) in [5.41, 5.74) is -0.257. The topological polar surface area (TPSA) is 66.8 Å². The Morgan fingerprint density at radius 1 is 1.25 bits per heavy atom. The summed E-state index contributed by atoms with van der Waals surface area (Å²) in [6, 6.07) is 0. The number of carbonyl (C=O) groups is 1. The van der Waals surface area contributed by atoms with Crippen LogP contribution >= 0.6 is 0 Å². The van der Waals surface area contributed by atoms with Crippen molar-refractivity contribution in [3.63, 3.8) is 0 Å². The van der Waals surface area contributed by atoms with Crippen molar-refractivity contribution < 1.29 is 20.0 Å². The highest BCUT2D eigenvalue weighted by molar-refractivity contribution is 5.72. The zero-order valence-corrected chi connectivity index (χ0v) is 10.9. The number of hydrogen-bond donors (Lipinski definition) is 2. The molecule has 0 aromatic heterocycles. The number of aliphatic hydroxyl groups is 1. The van der Waals surface area contributed by atoms with Crippen molar-refractivity contribution in [1.82, 2.24) is 0 Å². The fourth-order valence-electron chi connectivity index (χ4n) is 1.95. The molecule has 4 nitrogen and oxygen atoms in total. The molecule has 0 saturated heterocycles. The van der Waals surface area contributed by atoms with Crippen LogP contribution in [0.2, 0.25) is 0 Å². The highest BCUT2D eigenvalue weighted by Gasteiger charge is 2.34. The van der Waals surface area contributed by atoms with Crippen LogP contribution in [-0.2, 0) is 9.68 Å². The molecule has 0 fully saturated rings. The largest absolute Gasteiger partial charge is 0.393 e. The zero-order chi connectivity index (χ0) is 12.9. The second-order valence-electron chi connectivity index (χ2n) is 5.75. The van der Waals surface area contributed by atoms with Crippen LogP contribution in [0, 0.1) is 17.3 Å². The molecule has 0 amide bonds. The van der Waals surface area contributed by atoms with Crippen LogP contribution < -0.4 is 0 Å². The van der Waals surface area contributed by atoms with Gasteiger partial charge in [0.15, 0.2) is 0 Å². The Kier molecular flexibility index (Phi) is 5.97. The van der Waals surface area contributed by atoms with E-state index >= 15 is 0 Å². The molecule has 0 heterocycles. The van der Waals surface area contributed by atoms with Crippen LogP contribution in [0.25, 0.3) is 0 Å². The summed E-state index contributed by atoms with van der Waals surface area (Å²) >= 11 is 0. The molecule has 0 aliphatic carbocycles. The van der Waals surface area contributed by atoms with E-state index in [1.54, 1.807) is 6.92 Å². The normalized spacial score (nSPS) is 17.7. The van der Waals surface area contributed by atoms with Crippen LogP contribution in [-0.4, -0.2) is 22.4 Å². The number of aliphatic hydroxyl groups excluding tert-OH is 1. The Morgan fingerprint density at radius 3 is 2.06 bits per heavy atom. The number of rotatable bonds is 5. The van der Waals surface area contributed by atoms with E-state index in [1.807, 2.05) is 27.7 Å². The molecule has 0 rings (SSSR count). The monoisotopic (exact) mass is 232 g/mol. The van der Waals surface area contributed by atoms with Crippen molar-refractivity contribution in [1.29, 1.82) is 0 Å². The highest BCUT2D eigenvalue weighted by atomic mass is 17.1. The maximum absolute atomic E-state index is 11.4. The van der Waals surface area contributed by atoms with E-state index < -0.39 is 5.97 Å². The average molecular weight is 232 g/mol. The Labute approximate surface area is 97.5 Å². The van der Waals surface area contributed by atoms with Crippen LogP contribution in [0.1, 0.15) is 47.5 Å². The van der Waals surface area contributed by atoms with Crippen LogP contribution in [0.3, 0.4) is 0 Å². The zero-order valence-electron chi connectivity index (χ0n) is 10.9. The van der Waals surface area contributed by atoms with Gasteiger partial charge in [-0.05, 0) is 31.1 Å². The van der Waals surface area contributed by atoms with Crippen molar-refractivity contribution in [3.8, 4) is 0 Å². The molecule has 0 aliphatic rings. The standard InChI is InChI=1S/C12H24O4/c1-8(6-9(2)13)7-10(11(14)16-15)12(3,4)5/h8-10,13,15H,6-7H2,1-5H3. The van der Waals surface area contributed by atoms with Gasteiger partial charge in [0.1, 0.15) is 0 Å². The molecule has 3 unspecified atom stereocenters. The van der Waals surface area contributed by atoms with Gasteiger partial charge in [0.2, 0.25) is 0 Å². The maximum atomic E-state index is 11.4. The third-order valence-electron chi connectivity index (χ3n) is 2.80. The van der Waals surface area contributed by atoms with E-state index in [0.29, 0.717) is 12.8 Å². The van der Waals surface area contributed by atoms with Crippen molar-refractivity contribution in [2.24, 2.45) is 17.3 Å². The van der Waals surface area contributed by atoms with E-state index in [4.69, 9.17) is 5.26 Å². The lowest BCUT2D eigenvalue weighted by atomic mass is 9.75. The highest BCUT2D eigenvalue weighted by Crippen LogP contribution is 2.33. The molecule has 0 radical (unpaired) electrons. The van der Waals surface area contributed by atoms with Crippen molar-refractivity contribution in [3.05, 3.63) is 0 Å². The molecule has 0 saturated carbocycles. The first kappa shape index (κ1) is 15.4. The summed E-state index contributed by atoms with van der Waals surface area (Å²) in [6.45, 7) is 9.51. The van der Waals surface area contributed by atoms with E-state index in [1.165, 1.54) is 0 Å². The van der Waals surface area contributed by atoms with Crippen molar-refractivity contribution in [2.75, 3.05) is 0 Å². The fourth-order valence-corrected chi connectivity index (χ4v) is 1.95. The molecular formula is C12H24O4. The molecule has 4 heteroatoms. The third kappa shape index (κ3) is 5.47. The molecule has 3 atom stereocenters. The molecule has 2 N–H and O–H groups in total. The lowest BCUT2D eigenvalue weighted by molar-refractivity contribution is -0.242. The molecule has 0 aliphatic heterocycles. The summed E-state index contributed by atoms with van der Waals surface area (Å²) in [5, 5.41) is 17.7. The van der Waals surface area contributed by atoms with E-state index in [-0.39, 0.29) is 23.4 Å². The molecule has 16 heavy (non-hydrogen) atoms. The van der Waals surface area contributed by atoms with Crippen molar-refractivity contribution in [2.45, 2.75) is 53.6 Å². The van der Waals surface area contributed by atoms with Crippen LogP contribution in [0.15, 0.2) is 0 Å². The SMILES string of the molecule is CC(O)CC(C)CC(C(=O)OO)C(C)(C)C. The predicted molar refractivity (Wildman–Crippen MR) is 61.7 cm³/mol. The van der Waals surface area contributed by atoms with Crippen LogP contribution in [0.4, 0.5) is 0 Å². The maximum Gasteiger partial charge on any atom is 0.345 e. The Morgan fingerprint density at radius 2 is 1.75 bits per heavy atom. The first-order chi connectivity index (χ1) is 7.18. The molecule has 96 valence electrons. The Bertz CT molecular complexity index is 218. The van der Waals surface area contributed by atoms with Gasteiger partial charge >= 0.3 is 5.97 Å². The summed E-state index contributed by atoms with van der Waals surface area (Å²) in [4.78, 5) is 15.3. The van der Waals surface area contributed by atoms with Gasteiger partial charge < -0.3 is 9.99 Å². The first-order valence-corrected chi connectivity index (χ1v) is 5.71. The van der Waals surface area contributed by atoms with E-state index in [2.05, 4.69) is 4.89 Å². The number of carbonyl (C=O) groups excluding carboxylic acids is 1. The quantitative estimate of drug-likeness (QED) is 0.564. The molecule has 0 spiro atoms. The lowest BCUT2D eigenvalue weighted by Gasteiger charge is -2.30. The minimum atomic E-state index is -0.593. The summed E-state index contributed by atoms with van der Waals surface area (Å²) < 4.78 is 0. The van der Waals surface area contributed by atoms with Crippen molar-refractivity contribution >= 4 is 5.97 Å². The lowest BCUT2D eigenvalue weighted by Crippen LogP contribution is -2.31. The second kappa shape index (κ2) is 6.21. The molecule has 0 aromatic carbocycles. The third-order valence-corrected chi connectivity index (χ3v) is 2.80. The van der Waals surface area contributed by atoms with Gasteiger partial charge in [0.05, 0.1) is 12.0 Å². The molecular weight excluding hydrogens is 208 g/mol. The predicted octanol–water partition coefficient (Wildman–Crippen LogP) is 2.46. The van der Waals surface area contributed by atoms with Gasteiger partial charge in [0.25, 0.3) is 0 Å². The summed E-state index contributed by atoms with van der Waals surface area (Å²) in [6.07, 6.45) is 0.875. The summed E-state index contributed by atoms with van der Waals surface area (Å²) in [7, 11) is 0. The minimum Gasteiger partial charge on any atom is -0.393 e. The number of hydrogen-bond acceptors (Lipinski definition) is 4. The van der Waals surface area contributed by atoms with E-state index in [9.17, 15) is 9.90 Å². The van der Waals surface area contributed by atoms with Gasteiger partial charge in [-0.3, -0.25) is 0 Å². The minimum absolute atomic E-state index is 0.211. The van der Waals surface area contributed by atoms with Gasteiger partial charge in [-0.2, -0.15) is 5.26 Å².